The number of carbonyl (C=O) groups excluding carboxylic acids is 2. The summed E-state index contributed by atoms with van der Waals surface area (Å²) < 4.78 is 1.52. The minimum atomic E-state index is -0.261. The van der Waals surface area contributed by atoms with Gasteiger partial charge in [-0.2, -0.15) is 5.10 Å². The molecule has 0 bridgehead atoms. The molecule has 0 spiro atoms. The Morgan fingerprint density at radius 3 is 2.68 bits per heavy atom. The first kappa shape index (κ1) is 18.4. The van der Waals surface area contributed by atoms with Gasteiger partial charge in [-0.05, 0) is 61.9 Å². The average Bonchev–Trinajstić information content (AvgIpc) is 3.24. The number of fused-ring (bicyclic) bond motifs is 1. The molecule has 4 rings (SSSR count). The maximum absolute atomic E-state index is 13.1. The fraction of sp³-hybridized carbons (Fsp3) is 0.286. The molecule has 0 aliphatic heterocycles. The van der Waals surface area contributed by atoms with Crippen molar-refractivity contribution in [3.8, 4) is 0 Å². The highest BCUT2D eigenvalue weighted by Gasteiger charge is 2.27. The van der Waals surface area contributed by atoms with Crippen LogP contribution in [0.1, 0.15) is 49.7 Å². The van der Waals surface area contributed by atoms with Gasteiger partial charge in [-0.15, -0.1) is 11.3 Å². The fourth-order valence-corrected chi connectivity index (χ4v) is 4.86. The Morgan fingerprint density at radius 1 is 1.11 bits per heavy atom. The van der Waals surface area contributed by atoms with Crippen molar-refractivity contribution >= 4 is 33.8 Å². The SMILES string of the molecule is Cc1cccc(NC(=O)c2c(NC(=O)c3ccnn3C)sc3c2CCCC3)c1. The lowest BCUT2D eigenvalue weighted by molar-refractivity contribution is 0.101. The van der Waals surface area contributed by atoms with Gasteiger partial charge in [0.1, 0.15) is 10.7 Å². The van der Waals surface area contributed by atoms with E-state index >= 15 is 0 Å². The number of anilines is 2. The molecule has 1 aliphatic rings. The van der Waals surface area contributed by atoms with Crippen molar-refractivity contribution in [3.63, 3.8) is 0 Å². The van der Waals surface area contributed by atoms with Crippen LogP contribution < -0.4 is 10.6 Å². The van der Waals surface area contributed by atoms with Gasteiger partial charge in [0.05, 0.1) is 5.56 Å². The minimum absolute atomic E-state index is 0.176. The van der Waals surface area contributed by atoms with E-state index in [0.29, 0.717) is 16.3 Å². The fourth-order valence-electron chi connectivity index (χ4n) is 3.57. The zero-order valence-electron chi connectivity index (χ0n) is 15.9. The van der Waals surface area contributed by atoms with Crippen molar-refractivity contribution in [2.75, 3.05) is 10.6 Å². The molecular weight excluding hydrogens is 372 g/mol. The van der Waals surface area contributed by atoms with Gasteiger partial charge in [0.15, 0.2) is 0 Å². The summed E-state index contributed by atoms with van der Waals surface area (Å²) in [6.07, 6.45) is 5.57. The molecule has 144 valence electrons. The molecule has 1 aliphatic carbocycles. The second-order valence-corrected chi connectivity index (χ2v) is 8.14. The summed E-state index contributed by atoms with van der Waals surface area (Å²) in [7, 11) is 1.72. The number of amides is 2. The number of nitrogens with zero attached hydrogens (tertiary/aromatic N) is 2. The van der Waals surface area contributed by atoms with Gasteiger partial charge in [-0.3, -0.25) is 14.3 Å². The second kappa shape index (κ2) is 7.59. The molecule has 0 atom stereocenters. The topological polar surface area (TPSA) is 76.0 Å². The van der Waals surface area contributed by atoms with E-state index in [1.165, 1.54) is 20.9 Å². The zero-order valence-corrected chi connectivity index (χ0v) is 16.7. The second-order valence-electron chi connectivity index (χ2n) is 7.03. The first-order chi connectivity index (χ1) is 13.5. The van der Waals surface area contributed by atoms with Crippen molar-refractivity contribution < 1.29 is 9.59 Å². The van der Waals surface area contributed by atoms with Gasteiger partial charge in [0.25, 0.3) is 11.8 Å². The third-order valence-electron chi connectivity index (χ3n) is 4.95. The monoisotopic (exact) mass is 394 g/mol. The summed E-state index contributed by atoms with van der Waals surface area (Å²) in [5, 5.41) is 10.6. The molecule has 3 aromatic rings. The molecule has 28 heavy (non-hydrogen) atoms. The maximum Gasteiger partial charge on any atom is 0.274 e. The molecule has 0 fully saturated rings. The van der Waals surface area contributed by atoms with Crippen molar-refractivity contribution in [2.24, 2.45) is 7.05 Å². The normalized spacial score (nSPS) is 13.1. The van der Waals surface area contributed by atoms with Crippen LogP contribution in [-0.4, -0.2) is 21.6 Å². The summed E-state index contributed by atoms with van der Waals surface area (Å²) in [5.74, 6) is -0.437. The van der Waals surface area contributed by atoms with Crippen molar-refractivity contribution in [1.82, 2.24) is 9.78 Å². The quantitative estimate of drug-likeness (QED) is 0.697. The van der Waals surface area contributed by atoms with Crippen molar-refractivity contribution in [1.29, 1.82) is 0 Å². The number of hydrogen-bond donors (Lipinski definition) is 2. The minimum Gasteiger partial charge on any atom is -0.322 e. The number of carbonyl (C=O) groups is 2. The molecule has 2 aromatic heterocycles. The number of thiophene rings is 1. The van der Waals surface area contributed by atoms with Crippen LogP contribution in [0.5, 0.6) is 0 Å². The van der Waals surface area contributed by atoms with Gasteiger partial charge in [0, 0.05) is 23.8 Å². The zero-order chi connectivity index (χ0) is 19.7. The lowest BCUT2D eigenvalue weighted by Gasteiger charge is -2.13. The van der Waals surface area contributed by atoms with Crippen LogP contribution in [0.15, 0.2) is 36.5 Å². The smallest absolute Gasteiger partial charge is 0.274 e. The van der Waals surface area contributed by atoms with E-state index in [4.69, 9.17) is 0 Å². The van der Waals surface area contributed by atoms with Gasteiger partial charge in [-0.25, -0.2) is 0 Å². The number of benzene rings is 1. The average molecular weight is 395 g/mol. The van der Waals surface area contributed by atoms with Gasteiger partial charge in [0.2, 0.25) is 0 Å². The van der Waals surface area contributed by atoms with Gasteiger partial charge < -0.3 is 10.6 Å². The Balaban J connectivity index is 1.67. The van der Waals surface area contributed by atoms with E-state index in [1.54, 1.807) is 19.3 Å². The third kappa shape index (κ3) is 3.57. The Bertz CT molecular complexity index is 1050. The van der Waals surface area contributed by atoms with Crippen molar-refractivity contribution in [2.45, 2.75) is 32.6 Å². The molecule has 6 nitrogen and oxygen atoms in total. The predicted octanol–water partition coefficient (Wildman–Crippen LogP) is 4.17. The van der Waals surface area contributed by atoms with Gasteiger partial charge >= 0.3 is 0 Å². The molecular formula is C21H22N4O2S. The van der Waals surface area contributed by atoms with Crippen molar-refractivity contribution in [3.05, 3.63) is 63.8 Å². The molecule has 1 aromatic carbocycles. The summed E-state index contributed by atoms with van der Waals surface area (Å²) in [6.45, 7) is 1.99. The van der Waals surface area contributed by atoms with E-state index < -0.39 is 0 Å². The van der Waals surface area contributed by atoms with Crippen LogP contribution in [0.3, 0.4) is 0 Å². The summed E-state index contributed by atoms with van der Waals surface area (Å²) >= 11 is 1.51. The molecule has 0 saturated heterocycles. The number of aromatic nitrogens is 2. The summed E-state index contributed by atoms with van der Waals surface area (Å²) in [5.41, 5.74) is 3.95. The summed E-state index contributed by atoms with van der Waals surface area (Å²) in [4.78, 5) is 27.0. The molecule has 2 heterocycles. The molecule has 0 unspecified atom stereocenters. The lowest BCUT2D eigenvalue weighted by Crippen LogP contribution is -2.20. The predicted molar refractivity (Wildman–Crippen MR) is 111 cm³/mol. The van der Waals surface area contributed by atoms with Crippen LogP contribution in [0.25, 0.3) is 0 Å². The number of hydrogen-bond acceptors (Lipinski definition) is 4. The van der Waals surface area contributed by atoms with Gasteiger partial charge in [-0.1, -0.05) is 12.1 Å². The standard InChI is InChI=1S/C21H22N4O2S/c1-13-6-5-7-14(12-13)23-20(27)18-15-8-3-4-9-17(15)28-21(18)24-19(26)16-10-11-22-25(16)2/h5-7,10-12H,3-4,8-9H2,1-2H3,(H,23,27)(H,24,26). The van der Waals surface area contributed by atoms with Crippen LogP contribution in [0, 0.1) is 6.92 Å². The van der Waals surface area contributed by atoms with Crippen LogP contribution in [0.2, 0.25) is 0 Å². The third-order valence-corrected chi connectivity index (χ3v) is 6.16. The first-order valence-electron chi connectivity index (χ1n) is 9.35. The Labute approximate surface area is 167 Å². The number of aryl methyl sites for hydroxylation is 3. The van der Waals surface area contributed by atoms with E-state index in [1.807, 2.05) is 31.2 Å². The molecule has 7 heteroatoms. The summed E-state index contributed by atoms with van der Waals surface area (Å²) in [6, 6.07) is 9.37. The number of nitrogens with one attached hydrogen (secondary N) is 2. The van der Waals surface area contributed by atoms with E-state index in [9.17, 15) is 9.59 Å². The maximum atomic E-state index is 13.1. The van der Waals surface area contributed by atoms with E-state index in [-0.39, 0.29) is 11.8 Å². The highest BCUT2D eigenvalue weighted by Crippen LogP contribution is 2.38. The Hall–Kier alpha value is -2.93. The molecule has 0 radical (unpaired) electrons. The Kier molecular flexibility index (Phi) is 5.00. The highest BCUT2D eigenvalue weighted by molar-refractivity contribution is 7.17. The first-order valence-corrected chi connectivity index (χ1v) is 10.2. The van der Waals surface area contributed by atoms with Crippen LogP contribution in [0.4, 0.5) is 10.7 Å². The Morgan fingerprint density at radius 2 is 1.93 bits per heavy atom. The molecule has 2 N–H and O–H groups in total. The highest BCUT2D eigenvalue weighted by atomic mass is 32.1. The number of rotatable bonds is 4. The van der Waals surface area contributed by atoms with E-state index in [2.05, 4.69) is 15.7 Å². The van der Waals surface area contributed by atoms with Crippen LogP contribution >= 0.6 is 11.3 Å². The van der Waals surface area contributed by atoms with E-state index in [0.717, 1.165) is 42.5 Å². The lowest BCUT2D eigenvalue weighted by atomic mass is 9.95. The molecule has 0 saturated carbocycles. The van der Waals surface area contributed by atoms with Crippen LogP contribution in [-0.2, 0) is 19.9 Å². The molecule has 2 amide bonds. The largest absolute Gasteiger partial charge is 0.322 e.